The third-order valence-electron chi connectivity index (χ3n) is 4.15. The van der Waals surface area contributed by atoms with Crippen LogP contribution < -0.4 is 16.6 Å². The van der Waals surface area contributed by atoms with Gasteiger partial charge in [-0.3, -0.25) is 14.3 Å². The summed E-state index contributed by atoms with van der Waals surface area (Å²) < 4.78 is 9.07. The molecule has 0 atom stereocenters. The average molecular weight is 426 g/mol. The van der Waals surface area contributed by atoms with E-state index in [-0.39, 0.29) is 0 Å². The summed E-state index contributed by atoms with van der Waals surface area (Å²) in [4.78, 5) is 31.4. The number of hydrogen-bond donors (Lipinski definition) is 2. The molecule has 0 aliphatic rings. The van der Waals surface area contributed by atoms with E-state index in [2.05, 4.69) is 32.4 Å². The molecule has 0 fully saturated rings. The molecule has 3 heterocycles. The molecule has 3 aromatic heterocycles. The van der Waals surface area contributed by atoms with Crippen LogP contribution in [0.15, 0.2) is 13.9 Å². The molecule has 0 radical (unpaired) electrons. The van der Waals surface area contributed by atoms with Crippen molar-refractivity contribution in [2.75, 3.05) is 25.6 Å². The normalized spacial score (nSPS) is 11.4. The highest BCUT2D eigenvalue weighted by atomic mass is 32.2. The molecule has 12 heteroatoms. The fourth-order valence-corrected chi connectivity index (χ4v) is 4.43. The van der Waals surface area contributed by atoms with Crippen LogP contribution in [-0.2, 0) is 24.1 Å². The van der Waals surface area contributed by atoms with Crippen LogP contribution in [0.3, 0.4) is 0 Å². The number of imidazole rings is 1. The number of aromatic nitrogens is 6. The Bertz CT molecular complexity index is 1050. The van der Waals surface area contributed by atoms with E-state index >= 15 is 0 Å². The first kappa shape index (κ1) is 20.6. The van der Waals surface area contributed by atoms with E-state index in [0.29, 0.717) is 42.4 Å². The molecule has 0 spiro atoms. The summed E-state index contributed by atoms with van der Waals surface area (Å²) in [5.41, 5.74) is 0.00340. The lowest BCUT2D eigenvalue weighted by atomic mass is 10.3. The standard InChI is InChI=1S/C16H23N7O3S2/c1-4-5-7-23-12-11(13(24)19-15(23)25)22(2)10(18-12)9-27-16-21-20-14(28-16)17-6-8-26-3/h4-9H2,1-3H3,(H,17,20)(H,19,24,25). The summed E-state index contributed by atoms with van der Waals surface area (Å²) in [6.07, 6.45) is 1.78. The molecule has 28 heavy (non-hydrogen) atoms. The van der Waals surface area contributed by atoms with Gasteiger partial charge in [-0.15, -0.1) is 10.2 Å². The van der Waals surface area contributed by atoms with E-state index in [1.54, 1.807) is 18.7 Å². The predicted octanol–water partition coefficient (Wildman–Crippen LogP) is 1.43. The van der Waals surface area contributed by atoms with E-state index < -0.39 is 11.2 Å². The third-order valence-corrected chi connectivity index (χ3v) is 6.16. The van der Waals surface area contributed by atoms with Crippen molar-refractivity contribution in [3.63, 3.8) is 0 Å². The maximum Gasteiger partial charge on any atom is 0.330 e. The lowest BCUT2D eigenvalue weighted by Gasteiger charge is -2.04. The number of thioether (sulfide) groups is 1. The number of ether oxygens (including phenoxy) is 1. The maximum absolute atomic E-state index is 12.3. The Morgan fingerprint density at radius 1 is 1.32 bits per heavy atom. The quantitative estimate of drug-likeness (QED) is 0.370. The predicted molar refractivity (Wildman–Crippen MR) is 110 cm³/mol. The first-order chi connectivity index (χ1) is 13.5. The molecule has 0 saturated heterocycles. The van der Waals surface area contributed by atoms with Gasteiger partial charge >= 0.3 is 5.69 Å². The molecule has 0 aliphatic heterocycles. The van der Waals surface area contributed by atoms with Crippen molar-refractivity contribution in [3.05, 3.63) is 26.7 Å². The SMILES string of the molecule is CCCCn1c(=O)[nH]c(=O)c2c1nc(CSc1nnc(NCCOC)s1)n2C. The Hall–Kier alpha value is -2.18. The van der Waals surface area contributed by atoms with E-state index in [4.69, 9.17) is 4.74 Å². The highest BCUT2D eigenvalue weighted by Crippen LogP contribution is 2.28. The molecule has 0 bridgehead atoms. The second kappa shape index (κ2) is 9.34. The molecule has 0 unspecified atom stereocenters. The number of H-pyrrole nitrogens is 1. The number of hydrogen-bond acceptors (Lipinski definition) is 9. The number of aromatic amines is 1. The molecule has 3 rings (SSSR count). The fourth-order valence-electron chi connectivity index (χ4n) is 2.67. The van der Waals surface area contributed by atoms with Crippen LogP contribution in [0.25, 0.3) is 11.2 Å². The lowest BCUT2D eigenvalue weighted by Crippen LogP contribution is -2.31. The van der Waals surface area contributed by atoms with Gasteiger partial charge in [0, 0.05) is 27.2 Å². The van der Waals surface area contributed by atoms with Gasteiger partial charge in [0.25, 0.3) is 5.56 Å². The molecule has 0 aliphatic carbocycles. The van der Waals surface area contributed by atoms with E-state index in [1.165, 1.54) is 27.7 Å². The summed E-state index contributed by atoms with van der Waals surface area (Å²) in [5, 5.41) is 12.1. The monoisotopic (exact) mass is 425 g/mol. The number of anilines is 1. The molecule has 2 N–H and O–H groups in total. The number of nitrogens with zero attached hydrogens (tertiary/aromatic N) is 5. The van der Waals surface area contributed by atoms with Crippen LogP contribution >= 0.6 is 23.1 Å². The van der Waals surface area contributed by atoms with Crippen molar-refractivity contribution in [2.45, 2.75) is 36.4 Å². The second-order valence-corrected chi connectivity index (χ2v) is 8.31. The van der Waals surface area contributed by atoms with Gasteiger partial charge < -0.3 is 14.6 Å². The number of rotatable bonds is 10. The number of fused-ring (bicyclic) bond motifs is 1. The average Bonchev–Trinajstić information content (AvgIpc) is 3.25. The smallest absolute Gasteiger partial charge is 0.330 e. The summed E-state index contributed by atoms with van der Waals surface area (Å²) >= 11 is 2.94. The molecule has 3 aromatic rings. The molecule has 0 aromatic carbocycles. The van der Waals surface area contributed by atoms with Crippen LogP contribution in [0.1, 0.15) is 25.6 Å². The maximum atomic E-state index is 12.3. The molecule has 0 saturated carbocycles. The zero-order valence-electron chi connectivity index (χ0n) is 16.0. The van der Waals surface area contributed by atoms with E-state index in [0.717, 1.165) is 22.3 Å². The van der Waals surface area contributed by atoms with Crippen LogP contribution in [0.2, 0.25) is 0 Å². The highest BCUT2D eigenvalue weighted by Gasteiger charge is 2.17. The van der Waals surface area contributed by atoms with Gasteiger partial charge in [0.15, 0.2) is 15.5 Å². The summed E-state index contributed by atoms with van der Waals surface area (Å²) in [6.45, 7) is 3.84. The number of aryl methyl sites for hydroxylation is 2. The molecule has 0 amide bonds. The minimum atomic E-state index is -0.417. The van der Waals surface area contributed by atoms with Crippen LogP contribution in [-0.4, -0.2) is 49.6 Å². The molecule has 10 nitrogen and oxygen atoms in total. The van der Waals surface area contributed by atoms with Gasteiger partial charge in [0.1, 0.15) is 5.82 Å². The van der Waals surface area contributed by atoms with Crippen molar-refractivity contribution >= 4 is 39.4 Å². The van der Waals surface area contributed by atoms with Crippen molar-refractivity contribution in [2.24, 2.45) is 7.05 Å². The molecular weight excluding hydrogens is 402 g/mol. The largest absolute Gasteiger partial charge is 0.383 e. The van der Waals surface area contributed by atoms with Gasteiger partial charge in [-0.1, -0.05) is 36.4 Å². The van der Waals surface area contributed by atoms with Crippen molar-refractivity contribution < 1.29 is 4.74 Å². The molecular formula is C16H23N7O3S2. The Balaban J connectivity index is 1.80. The van der Waals surface area contributed by atoms with Crippen LogP contribution in [0.4, 0.5) is 5.13 Å². The number of methoxy groups -OCH3 is 1. The Morgan fingerprint density at radius 2 is 2.14 bits per heavy atom. The minimum Gasteiger partial charge on any atom is -0.383 e. The topological polar surface area (TPSA) is 120 Å². The second-order valence-electron chi connectivity index (χ2n) is 6.11. The Morgan fingerprint density at radius 3 is 2.89 bits per heavy atom. The fraction of sp³-hybridized carbons (Fsp3) is 0.562. The van der Waals surface area contributed by atoms with Gasteiger partial charge in [-0.2, -0.15) is 0 Å². The first-order valence-corrected chi connectivity index (χ1v) is 10.7. The van der Waals surface area contributed by atoms with Crippen molar-refractivity contribution in [1.82, 2.24) is 29.3 Å². The van der Waals surface area contributed by atoms with Gasteiger partial charge in [0.2, 0.25) is 5.13 Å². The number of unbranched alkanes of at least 4 members (excludes halogenated alkanes) is 1. The Labute approximate surface area is 169 Å². The van der Waals surface area contributed by atoms with Crippen molar-refractivity contribution in [1.29, 1.82) is 0 Å². The van der Waals surface area contributed by atoms with E-state index in [9.17, 15) is 9.59 Å². The zero-order valence-corrected chi connectivity index (χ0v) is 17.7. The lowest BCUT2D eigenvalue weighted by molar-refractivity contribution is 0.211. The van der Waals surface area contributed by atoms with Crippen LogP contribution in [0, 0.1) is 0 Å². The van der Waals surface area contributed by atoms with Gasteiger partial charge in [-0.25, -0.2) is 9.78 Å². The third kappa shape index (κ3) is 4.45. The Kier molecular flexibility index (Phi) is 6.86. The van der Waals surface area contributed by atoms with Gasteiger partial charge in [-0.05, 0) is 6.42 Å². The first-order valence-electron chi connectivity index (χ1n) is 8.92. The summed E-state index contributed by atoms with van der Waals surface area (Å²) in [5.74, 6) is 1.21. The molecule has 152 valence electrons. The number of nitrogens with one attached hydrogen (secondary N) is 2. The zero-order chi connectivity index (χ0) is 20.1. The highest BCUT2D eigenvalue weighted by molar-refractivity contribution is 8.00. The summed E-state index contributed by atoms with van der Waals surface area (Å²) in [7, 11) is 3.43. The van der Waals surface area contributed by atoms with Crippen molar-refractivity contribution in [3.8, 4) is 0 Å². The summed E-state index contributed by atoms with van der Waals surface area (Å²) in [6, 6.07) is 0. The van der Waals surface area contributed by atoms with Gasteiger partial charge in [0.05, 0.1) is 12.4 Å². The van der Waals surface area contributed by atoms with E-state index in [1.807, 2.05) is 0 Å². The minimum absolute atomic E-state index is 0.408. The van der Waals surface area contributed by atoms with Crippen LogP contribution in [0.5, 0.6) is 0 Å².